The summed E-state index contributed by atoms with van der Waals surface area (Å²) in [4.78, 5) is 15.8. The second-order valence-electron chi connectivity index (χ2n) is 8.44. The second kappa shape index (κ2) is 6.45. The number of aliphatic imine (C=N–C) groups is 1. The zero-order valence-corrected chi connectivity index (χ0v) is 15.0. The molecule has 6 atom stereocenters. The van der Waals surface area contributed by atoms with Gasteiger partial charge in [-0.25, -0.2) is 4.99 Å². The van der Waals surface area contributed by atoms with Gasteiger partial charge in [0.1, 0.15) is 6.10 Å². The second-order valence-corrected chi connectivity index (χ2v) is 8.44. The van der Waals surface area contributed by atoms with E-state index in [9.17, 15) is 4.79 Å². The standard InChI is InChI=1S/C19H32N2O2/c1-12(2)19-9-15(19)14(4)16(10-19)21-18(20-11-22)23-17-8-6-5-7-13(17)3/h11-17H,5-10H2,1-4H3,(H,20,21,22)/t13?,14-,15-,16?,17?,19+/m1/s1. The fraction of sp³-hybridized carbons (Fsp3) is 0.895. The van der Waals surface area contributed by atoms with Gasteiger partial charge in [-0.3, -0.25) is 10.1 Å². The zero-order valence-electron chi connectivity index (χ0n) is 15.0. The number of nitrogens with one attached hydrogen (secondary N) is 1. The SMILES string of the molecule is CC1CCCCC1OC(=NC1C[C@]2(C(C)C)C[C@@H]2[C@H]1C)NC=O. The van der Waals surface area contributed by atoms with E-state index in [0.29, 0.717) is 29.7 Å². The lowest BCUT2D eigenvalue weighted by atomic mass is 9.88. The number of amides is 1. The van der Waals surface area contributed by atoms with E-state index in [4.69, 9.17) is 9.73 Å². The molecule has 3 saturated carbocycles. The number of rotatable bonds is 4. The Hall–Kier alpha value is -1.06. The van der Waals surface area contributed by atoms with Gasteiger partial charge < -0.3 is 4.74 Å². The summed E-state index contributed by atoms with van der Waals surface area (Å²) in [6.07, 6.45) is 8.16. The fourth-order valence-electron chi connectivity index (χ4n) is 5.10. The number of ether oxygens (including phenoxy) is 1. The van der Waals surface area contributed by atoms with Crippen molar-refractivity contribution in [3.8, 4) is 0 Å². The van der Waals surface area contributed by atoms with Crippen molar-refractivity contribution in [1.82, 2.24) is 5.32 Å². The summed E-state index contributed by atoms with van der Waals surface area (Å²) in [5, 5.41) is 2.72. The monoisotopic (exact) mass is 320 g/mol. The summed E-state index contributed by atoms with van der Waals surface area (Å²) in [5.41, 5.74) is 0.498. The number of carbonyl (C=O) groups excluding carboxylic acids is 1. The van der Waals surface area contributed by atoms with Gasteiger partial charge in [-0.2, -0.15) is 0 Å². The van der Waals surface area contributed by atoms with Gasteiger partial charge in [0.2, 0.25) is 6.41 Å². The Morgan fingerprint density at radius 2 is 2.00 bits per heavy atom. The van der Waals surface area contributed by atoms with Crippen molar-refractivity contribution in [2.45, 2.75) is 78.4 Å². The molecule has 0 heterocycles. The van der Waals surface area contributed by atoms with Gasteiger partial charge in [-0.05, 0) is 61.2 Å². The van der Waals surface area contributed by atoms with Crippen molar-refractivity contribution >= 4 is 12.4 Å². The Morgan fingerprint density at radius 1 is 1.26 bits per heavy atom. The number of hydrogen-bond acceptors (Lipinski definition) is 3. The Balaban J connectivity index is 1.68. The van der Waals surface area contributed by atoms with Crippen LogP contribution in [0.15, 0.2) is 4.99 Å². The van der Waals surface area contributed by atoms with Crippen LogP contribution in [-0.2, 0) is 9.53 Å². The first kappa shape index (κ1) is 16.8. The average Bonchev–Trinajstić information content (AvgIpc) is 3.18. The maximum Gasteiger partial charge on any atom is 0.291 e. The van der Waals surface area contributed by atoms with E-state index in [1.807, 2.05) is 0 Å². The quantitative estimate of drug-likeness (QED) is 0.487. The lowest BCUT2D eigenvalue weighted by Gasteiger charge is -2.30. The van der Waals surface area contributed by atoms with Gasteiger partial charge in [0.15, 0.2) is 0 Å². The van der Waals surface area contributed by atoms with Gasteiger partial charge >= 0.3 is 0 Å². The van der Waals surface area contributed by atoms with E-state index in [0.717, 1.165) is 24.7 Å². The molecule has 0 aromatic carbocycles. The van der Waals surface area contributed by atoms with Crippen LogP contribution in [0.2, 0.25) is 0 Å². The number of fused-ring (bicyclic) bond motifs is 1. The smallest absolute Gasteiger partial charge is 0.291 e. The number of carbonyl (C=O) groups is 1. The van der Waals surface area contributed by atoms with Crippen molar-refractivity contribution in [2.75, 3.05) is 0 Å². The third-order valence-electron chi connectivity index (χ3n) is 6.92. The van der Waals surface area contributed by atoms with Crippen molar-refractivity contribution < 1.29 is 9.53 Å². The molecule has 3 rings (SSSR count). The highest BCUT2D eigenvalue weighted by atomic mass is 16.5. The molecular formula is C19H32N2O2. The van der Waals surface area contributed by atoms with Crippen LogP contribution in [-0.4, -0.2) is 24.6 Å². The lowest BCUT2D eigenvalue weighted by Crippen LogP contribution is -2.35. The molecule has 3 unspecified atom stereocenters. The van der Waals surface area contributed by atoms with E-state index >= 15 is 0 Å². The van der Waals surface area contributed by atoms with E-state index in [1.165, 1.54) is 25.7 Å². The molecule has 130 valence electrons. The maximum atomic E-state index is 11.0. The summed E-state index contributed by atoms with van der Waals surface area (Å²) >= 11 is 0. The van der Waals surface area contributed by atoms with Crippen LogP contribution in [0.5, 0.6) is 0 Å². The molecule has 0 saturated heterocycles. The molecule has 1 N–H and O–H groups in total. The first-order valence-corrected chi connectivity index (χ1v) is 9.42. The summed E-state index contributed by atoms with van der Waals surface area (Å²) in [6.45, 7) is 9.23. The molecule has 0 aromatic rings. The minimum atomic E-state index is 0.195. The summed E-state index contributed by atoms with van der Waals surface area (Å²) in [7, 11) is 0. The molecule has 23 heavy (non-hydrogen) atoms. The number of nitrogens with zero attached hydrogens (tertiary/aromatic N) is 1. The molecule has 0 bridgehead atoms. The molecular weight excluding hydrogens is 288 g/mol. The Morgan fingerprint density at radius 3 is 2.61 bits per heavy atom. The van der Waals surface area contributed by atoms with E-state index in [1.54, 1.807) is 0 Å². The van der Waals surface area contributed by atoms with Gasteiger partial charge in [-0.15, -0.1) is 0 Å². The Labute approximate surface area is 140 Å². The van der Waals surface area contributed by atoms with Gasteiger partial charge in [0.25, 0.3) is 6.02 Å². The Kier molecular flexibility index (Phi) is 4.70. The average molecular weight is 320 g/mol. The highest BCUT2D eigenvalue weighted by Gasteiger charge is 2.65. The molecule has 4 heteroatoms. The van der Waals surface area contributed by atoms with Gasteiger partial charge in [0, 0.05) is 0 Å². The van der Waals surface area contributed by atoms with E-state index in [2.05, 4.69) is 33.0 Å². The Bertz CT molecular complexity index is 476. The minimum absolute atomic E-state index is 0.195. The van der Waals surface area contributed by atoms with Crippen LogP contribution in [0.1, 0.15) is 66.2 Å². The molecule has 3 aliphatic rings. The zero-order chi connectivity index (χ0) is 16.6. The van der Waals surface area contributed by atoms with Crippen LogP contribution in [0.4, 0.5) is 0 Å². The fourth-order valence-corrected chi connectivity index (χ4v) is 5.10. The van der Waals surface area contributed by atoms with Crippen LogP contribution in [0, 0.1) is 29.1 Å². The molecule has 0 spiro atoms. The van der Waals surface area contributed by atoms with Crippen LogP contribution >= 0.6 is 0 Å². The molecule has 3 fully saturated rings. The third kappa shape index (κ3) is 3.14. The largest absolute Gasteiger partial charge is 0.461 e. The molecule has 0 aliphatic heterocycles. The van der Waals surface area contributed by atoms with Crippen molar-refractivity contribution in [3.63, 3.8) is 0 Å². The normalized spacial score (nSPS) is 43.2. The lowest BCUT2D eigenvalue weighted by molar-refractivity contribution is -0.108. The van der Waals surface area contributed by atoms with Gasteiger partial charge in [0.05, 0.1) is 6.04 Å². The third-order valence-corrected chi connectivity index (χ3v) is 6.92. The summed E-state index contributed by atoms with van der Waals surface area (Å²) in [5.74, 6) is 2.66. The van der Waals surface area contributed by atoms with Crippen molar-refractivity contribution in [2.24, 2.45) is 34.1 Å². The van der Waals surface area contributed by atoms with E-state index < -0.39 is 0 Å². The molecule has 4 nitrogen and oxygen atoms in total. The first-order valence-electron chi connectivity index (χ1n) is 9.42. The minimum Gasteiger partial charge on any atom is -0.461 e. The van der Waals surface area contributed by atoms with Gasteiger partial charge in [-0.1, -0.05) is 34.1 Å². The van der Waals surface area contributed by atoms with Crippen LogP contribution in [0.3, 0.4) is 0 Å². The molecule has 1 amide bonds. The molecule has 3 aliphatic carbocycles. The first-order chi connectivity index (χ1) is 11.0. The number of amidine groups is 1. The number of hydrogen-bond donors (Lipinski definition) is 1. The van der Waals surface area contributed by atoms with Crippen LogP contribution < -0.4 is 5.32 Å². The van der Waals surface area contributed by atoms with E-state index in [-0.39, 0.29) is 12.1 Å². The predicted molar refractivity (Wildman–Crippen MR) is 92.1 cm³/mol. The maximum absolute atomic E-state index is 11.0. The summed E-state index contributed by atoms with van der Waals surface area (Å²) < 4.78 is 6.11. The predicted octanol–water partition coefficient (Wildman–Crippen LogP) is 3.75. The highest BCUT2D eigenvalue weighted by molar-refractivity contribution is 5.84. The van der Waals surface area contributed by atoms with Crippen molar-refractivity contribution in [3.05, 3.63) is 0 Å². The molecule has 0 aromatic heterocycles. The van der Waals surface area contributed by atoms with Crippen molar-refractivity contribution in [1.29, 1.82) is 0 Å². The summed E-state index contributed by atoms with van der Waals surface area (Å²) in [6, 6.07) is 0.744. The molecule has 0 radical (unpaired) electrons. The topological polar surface area (TPSA) is 50.7 Å². The highest BCUT2D eigenvalue weighted by Crippen LogP contribution is 2.70. The van der Waals surface area contributed by atoms with Crippen LogP contribution in [0.25, 0.3) is 0 Å².